The van der Waals surface area contributed by atoms with Gasteiger partial charge in [0.1, 0.15) is 5.75 Å². The second-order valence-corrected chi connectivity index (χ2v) is 6.09. The summed E-state index contributed by atoms with van der Waals surface area (Å²) in [6, 6.07) is 7.67. The average molecular weight is 319 g/mol. The number of carbonyl (C=O) groups is 1. The Morgan fingerprint density at radius 1 is 1.45 bits per heavy atom. The van der Waals surface area contributed by atoms with Crippen molar-refractivity contribution in [1.29, 1.82) is 0 Å². The maximum atomic E-state index is 12.2. The van der Waals surface area contributed by atoms with E-state index in [2.05, 4.69) is 17.2 Å². The lowest BCUT2D eigenvalue weighted by molar-refractivity contribution is -0.120. The molecule has 1 heterocycles. The first-order valence-corrected chi connectivity index (χ1v) is 8.11. The van der Waals surface area contributed by atoms with Gasteiger partial charge in [0.25, 0.3) is 0 Å². The minimum Gasteiger partial charge on any atom is -0.496 e. The third-order valence-electron chi connectivity index (χ3n) is 3.31. The molecule has 1 N–H and O–H groups in total. The maximum absolute atomic E-state index is 12.2. The molecule has 0 fully saturated rings. The summed E-state index contributed by atoms with van der Waals surface area (Å²) in [5.74, 6) is 0.770. The molecule has 118 valence electrons. The van der Waals surface area contributed by atoms with Crippen molar-refractivity contribution in [3.8, 4) is 5.75 Å². The van der Waals surface area contributed by atoms with Crippen molar-refractivity contribution < 1.29 is 9.53 Å². The lowest BCUT2D eigenvalue weighted by Gasteiger charge is -2.13. The summed E-state index contributed by atoms with van der Waals surface area (Å²) in [7, 11) is 1.63. The number of hydrogen-bond acceptors (Lipinski definition) is 4. The van der Waals surface area contributed by atoms with E-state index >= 15 is 0 Å². The Bertz CT molecular complexity index is 627. The smallest absolute Gasteiger partial charge is 0.233 e. The molecule has 0 saturated carbocycles. The van der Waals surface area contributed by atoms with Crippen LogP contribution >= 0.6 is 11.8 Å². The Morgan fingerprint density at radius 2 is 2.23 bits per heavy atom. The number of nitrogens with zero attached hydrogens (tertiary/aromatic N) is 2. The highest BCUT2D eigenvalue weighted by Crippen LogP contribution is 2.22. The monoisotopic (exact) mass is 319 g/mol. The van der Waals surface area contributed by atoms with Crippen molar-refractivity contribution in [3.63, 3.8) is 0 Å². The molecule has 1 aromatic carbocycles. The van der Waals surface area contributed by atoms with Gasteiger partial charge in [-0.1, -0.05) is 30.0 Å². The highest BCUT2D eigenvalue weighted by molar-refractivity contribution is 8.00. The zero-order chi connectivity index (χ0) is 15.9. The fraction of sp³-hybridized carbons (Fsp3) is 0.375. The van der Waals surface area contributed by atoms with Crippen LogP contribution in [0.4, 0.5) is 0 Å². The molecule has 2 rings (SSSR count). The van der Waals surface area contributed by atoms with Gasteiger partial charge in [0.15, 0.2) is 5.16 Å². The van der Waals surface area contributed by atoms with E-state index in [4.69, 9.17) is 4.74 Å². The second-order valence-electron chi connectivity index (χ2n) is 4.79. The minimum atomic E-state index is -0.206. The first-order valence-electron chi connectivity index (χ1n) is 7.23. The number of aromatic nitrogens is 2. The molecule has 1 unspecified atom stereocenters. The van der Waals surface area contributed by atoms with Crippen LogP contribution in [-0.4, -0.2) is 27.8 Å². The molecule has 0 radical (unpaired) electrons. The van der Waals surface area contributed by atoms with Crippen LogP contribution in [0.15, 0.2) is 41.8 Å². The number of carbonyl (C=O) groups excluding carboxylic acids is 1. The largest absolute Gasteiger partial charge is 0.496 e. The summed E-state index contributed by atoms with van der Waals surface area (Å²) in [6.07, 6.45) is 3.67. The van der Waals surface area contributed by atoms with Crippen molar-refractivity contribution >= 4 is 17.7 Å². The number of nitrogens with one attached hydrogen (secondary N) is 1. The van der Waals surface area contributed by atoms with Gasteiger partial charge in [0.2, 0.25) is 5.91 Å². The molecular weight excluding hydrogens is 298 g/mol. The van der Waals surface area contributed by atoms with Gasteiger partial charge < -0.3 is 14.6 Å². The van der Waals surface area contributed by atoms with E-state index in [1.165, 1.54) is 11.8 Å². The van der Waals surface area contributed by atoms with E-state index in [1.54, 1.807) is 13.3 Å². The number of aryl methyl sites for hydroxylation is 1. The molecule has 5 nitrogen and oxygen atoms in total. The predicted octanol–water partition coefficient (Wildman–Crippen LogP) is 2.71. The number of benzene rings is 1. The number of para-hydroxylation sites is 1. The maximum Gasteiger partial charge on any atom is 0.233 e. The summed E-state index contributed by atoms with van der Waals surface area (Å²) in [4.78, 5) is 16.5. The van der Waals surface area contributed by atoms with Gasteiger partial charge in [0.05, 0.1) is 12.4 Å². The van der Waals surface area contributed by atoms with Crippen LogP contribution in [0.2, 0.25) is 0 Å². The molecule has 0 aliphatic carbocycles. The fourth-order valence-electron chi connectivity index (χ4n) is 2.04. The van der Waals surface area contributed by atoms with E-state index < -0.39 is 0 Å². The molecular formula is C16H21N3O2S. The van der Waals surface area contributed by atoms with Crippen LogP contribution in [0, 0.1) is 0 Å². The van der Waals surface area contributed by atoms with Crippen molar-refractivity contribution in [2.45, 2.75) is 37.3 Å². The Morgan fingerprint density at radius 3 is 2.95 bits per heavy atom. The third-order valence-corrected chi connectivity index (χ3v) is 4.43. The predicted molar refractivity (Wildman–Crippen MR) is 88.1 cm³/mol. The molecule has 0 aliphatic heterocycles. The zero-order valence-electron chi connectivity index (χ0n) is 13.1. The van der Waals surface area contributed by atoms with Crippen LogP contribution in [0.5, 0.6) is 5.75 Å². The molecule has 2 aromatic rings. The van der Waals surface area contributed by atoms with Crippen LogP contribution in [0.3, 0.4) is 0 Å². The van der Waals surface area contributed by atoms with Crippen molar-refractivity contribution in [2.75, 3.05) is 7.11 Å². The van der Waals surface area contributed by atoms with E-state index in [0.29, 0.717) is 6.54 Å². The topological polar surface area (TPSA) is 56.2 Å². The van der Waals surface area contributed by atoms with E-state index in [-0.39, 0.29) is 11.2 Å². The second kappa shape index (κ2) is 7.89. The van der Waals surface area contributed by atoms with Crippen molar-refractivity contribution in [1.82, 2.24) is 14.9 Å². The standard InChI is InChI=1S/C16H21N3O2S/c1-4-19-10-9-17-16(19)22-12(2)15(20)18-11-13-7-5-6-8-14(13)21-3/h5-10,12H,4,11H2,1-3H3,(H,18,20). The normalized spacial score (nSPS) is 12.0. The molecule has 0 aliphatic rings. The number of rotatable bonds is 7. The lowest BCUT2D eigenvalue weighted by atomic mass is 10.2. The van der Waals surface area contributed by atoms with Gasteiger partial charge in [-0.25, -0.2) is 4.98 Å². The quantitative estimate of drug-likeness (QED) is 0.797. The summed E-state index contributed by atoms with van der Waals surface area (Å²) < 4.78 is 7.31. The third kappa shape index (κ3) is 4.04. The lowest BCUT2D eigenvalue weighted by Crippen LogP contribution is -2.30. The molecule has 1 aromatic heterocycles. The first kappa shape index (κ1) is 16.4. The number of amides is 1. The van der Waals surface area contributed by atoms with Gasteiger partial charge in [-0.05, 0) is 19.9 Å². The number of methoxy groups -OCH3 is 1. The molecule has 6 heteroatoms. The number of ether oxygens (including phenoxy) is 1. The molecule has 1 amide bonds. The SMILES string of the molecule is CCn1ccnc1SC(C)C(=O)NCc1ccccc1OC. The highest BCUT2D eigenvalue weighted by Gasteiger charge is 2.17. The van der Waals surface area contributed by atoms with E-state index in [9.17, 15) is 4.79 Å². The molecule has 1 atom stereocenters. The van der Waals surface area contributed by atoms with Crippen LogP contribution in [0.1, 0.15) is 19.4 Å². The Kier molecular flexibility index (Phi) is 5.89. The molecule has 0 spiro atoms. The first-order chi connectivity index (χ1) is 10.7. The molecule has 0 saturated heterocycles. The molecule has 0 bridgehead atoms. The van der Waals surface area contributed by atoms with E-state index in [0.717, 1.165) is 23.0 Å². The van der Waals surface area contributed by atoms with Crippen molar-refractivity contribution in [3.05, 3.63) is 42.2 Å². The average Bonchev–Trinajstić information content (AvgIpc) is 2.99. The van der Waals surface area contributed by atoms with Gasteiger partial charge >= 0.3 is 0 Å². The van der Waals surface area contributed by atoms with Gasteiger partial charge in [-0.2, -0.15) is 0 Å². The van der Waals surface area contributed by atoms with Crippen LogP contribution in [0.25, 0.3) is 0 Å². The van der Waals surface area contributed by atoms with Crippen LogP contribution in [-0.2, 0) is 17.9 Å². The summed E-state index contributed by atoms with van der Waals surface area (Å²) in [5.41, 5.74) is 0.964. The van der Waals surface area contributed by atoms with Gasteiger partial charge in [-0.15, -0.1) is 0 Å². The fourth-order valence-corrected chi connectivity index (χ4v) is 2.99. The highest BCUT2D eigenvalue weighted by atomic mass is 32.2. The number of thioether (sulfide) groups is 1. The van der Waals surface area contributed by atoms with Crippen molar-refractivity contribution in [2.24, 2.45) is 0 Å². The number of hydrogen-bond donors (Lipinski definition) is 1. The molecule has 22 heavy (non-hydrogen) atoms. The van der Waals surface area contributed by atoms with Gasteiger partial charge in [-0.3, -0.25) is 4.79 Å². The Balaban J connectivity index is 1.91. The minimum absolute atomic E-state index is 0.0124. The summed E-state index contributed by atoms with van der Waals surface area (Å²) in [5, 5.41) is 3.60. The Hall–Kier alpha value is -1.95. The Labute approximate surface area is 135 Å². The summed E-state index contributed by atoms with van der Waals surface area (Å²) in [6.45, 7) is 5.24. The number of imidazole rings is 1. The zero-order valence-corrected chi connectivity index (χ0v) is 13.9. The van der Waals surface area contributed by atoms with Crippen LogP contribution < -0.4 is 10.1 Å². The summed E-state index contributed by atoms with van der Waals surface area (Å²) >= 11 is 1.46. The van der Waals surface area contributed by atoms with Gasteiger partial charge in [0, 0.05) is 31.0 Å². The van der Waals surface area contributed by atoms with E-state index in [1.807, 2.05) is 42.0 Å².